The molecule has 0 aliphatic carbocycles. The maximum Gasteiger partial charge on any atom is 0.326 e. The van der Waals surface area contributed by atoms with Gasteiger partial charge in [0.15, 0.2) is 9.84 Å². The van der Waals surface area contributed by atoms with Gasteiger partial charge >= 0.3 is 5.97 Å². The number of hydrogen-bond acceptors (Lipinski definition) is 4. The number of aliphatic carboxylic acids is 1. The minimum absolute atomic E-state index is 0.0561. The van der Waals surface area contributed by atoms with Crippen molar-refractivity contribution < 1.29 is 23.1 Å². The molecule has 2 rings (SSSR count). The largest absolute Gasteiger partial charge is 0.480 e. The Labute approximate surface area is 129 Å². The molecule has 1 N–H and O–H groups in total. The Hall–Kier alpha value is -1.89. The van der Waals surface area contributed by atoms with Gasteiger partial charge in [-0.15, -0.1) is 0 Å². The Morgan fingerprint density at radius 1 is 1.27 bits per heavy atom. The Morgan fingerprint density at radius 2 is 1.91 bits per heavy atom. The molecular formula is C15H19NO5S. The van der Waals surface area contributed by atoms with Crippen LogP contribution in [-0.4, -0.2) is 48.6 Å². The summed E-state index contributed by atoms with van der Waals surface area (Å²) in [4.78, 5) is 24.9. The highest BCUT2D eigenvalue weighted by molar-refractivity contribution is 7.90. The molecule has 0 aromatic heterocycles. The van der Waals surface area contributed by atoms with E-state index in [2.05, 4.69) is 0 Å². The smallest absolute Gasteiger partial charge is 0.326 e. The first-order valence-electron chi connectivity index (χ1n) is 7.17. The van der Waals surface area contributed by atoms with Crippen molar-refractivity contribution in [2.75, 3.05) is 12.3 Å². The van der Waals surface area contributed by atoms with E-state index in [4.69, 9.17) is 5.11 Å². The van der Waals surface area contributed by atoms with Gasteiger partial charge in [0.05, 0.1) is 5.75 Å². The van der Waals surface area contributed by atoms with E-state index in [0.29, 0.717) is 30.5 Å². The van der Waals surface area contributed by atoms with E-state index in [1.165, 1.54) is 4.90 Å². The van der Waals surface area contributed by atoms with Gasteiger partial charge in [-0.05, 0) is 30.5 Å². The lowest BCUT2D eigenvalue weighted by Crippen LogP contribution is -2.40. The molecule has 1 aromatic carbocycles. The van der Waals surface area contributed by atoms with Crippen LogP contribution in [0.15, 0.2) is 24.3 Å². The van der Waals surface area contributed by atoms with E-state index in [-0.39, 0.29) is 17.4 Å². The number of carboxylic acid groups (broad SMARTS) is 1. The normalized spacial score (nSPS) is 18.4. The monoisotopic (exact) mass is 325 g/mol. The summed E-state index contributed by atoms with van der Waals surface area (Å²) in [6, 6.07) is 5.55. The predicted molar refractivity (Wildman–Crippen MR) is 81.3 cm³/mol. The number of carbonyl (C=O) groups is 2. The van der Waals surface area contributed by atoms with Gasteiger partial charge in [0.25, 0.3) is 5.91 Å². The van der Waals surface area contributed by atoms with E-state index < -0.39 is 21.8 Å². The molecule has 1 heterocycles. The molecule has 1 aliphatic heterocycles. The molecule has 22 heavy (non-hydrogen) atoms. The second-order valence-electron chi connectivity index (χ2n) is 5.37. The van der Waals surface area contributed by atoms with Gasteiger partial charge in [-0.3, -0.25) is 4.79 Å². The lowest BCUT2D eigenvalue weighted by molar-refractivity contribution is -0.141. The number of nitrogens with zero attached hydrogens (tertiary/aromatic N) is 1. The first-order chi connectivity index (χ1) is 10.3. The second kappa shape index (κ2) is 6.48. The van der Waals surface area contributed by atoms with Gasteiger partial charge in [-0.1, -0.05) is 19.1 Å². The van der Waals surface area contributed by atoms with Crippen molar-refractivity contribution >= 4 is 21.7 Å². The molecule has 0 radical (unpaired) electrons. The Morgan fingerprint density at radius 3 is 2.45 bits per heavy atom. The van der Waals surface area contributed by atoms with E-state index in [9.17, 15) is 18.0 Å². The van der Waals surface area contributed by atoms with Crippen LogP contribution in [0.25, 0.3) is 0 Å². The fourth-order valence-electron chi connectivity index (χ4n) is 2.53. The Balaban J connectivity index is 2.13. The van der Waals surface area contributed by atoms with Gasteiger partial charge in [0, 0.05) is 17.9 Å². The van der Waals surface area contributed by atoms with Gasteiger partial charge in [0.2, 0.25) is 0 Å². The van der Waals surface area contributed by atoms with Crippen molar-refractivity contribution in [1.29, 1.82) is 0 Å². The topological polar surface area (TPSA) is 91.8 Å². The highest BCUT2D eigenvalue weighted by atomic mass is 32.2. The van der Waals surface area contributed by atoms with Crippen LogP contribution in [0, 0.1) is 0 Å². The molecule has 7 heteroatoms. The third-order valence-electron chi connectivity index (χ3n) is 3.83. The summed E-state index contributed by atoms with van der Waals surface area (Å²) in [6.45, 7) is 2.02. The molecule has 120 valence electrons. The van der Waals surface area contributed by atoms with Crippen LogP contribution in [0.3, 0.4) is 0 Å². The molecular weight excluding hydrogens is 306 g/mol. The SMILES string of the molecule is CCS(=O)(=O)Cc1ccc(C(=O)N2CCCC2C(=O)O)cc1. The summed E-state index contributed by atoms with van der Waals surface area (Å²) in [5.74, 6) is -1.30. The average Bonchev–Trinajstić information content (AvgIpc) is 2.96. The summed E-state index contributed by atoms with van der Waals surface area (Å²) in [6.07, 6.45) is 1.14. The van der Waals surface area contributed by atoms with Gasteiger partial charge in [-0.25, -0.2) is 13.2 Å². The molecule has 1 fully saturated rings. The van der Waals surface area contributed by atoms with Crippen LogP contribution in [0.2, 0.25) is 0 Å². The first kappa shape index (κ1) is 16.5. The molecule has 0 bridgehead atoms. The summed E-state index contributed by atoms with van der Waals surface area (Å²) < 4.78 is 23.1. The van der Waals surface area contributed by atoms with Crippen LogP contribution in [0.1, 0.15) is 35.7 Å². The van der Waals surface area contributed by atoms with Crippen LogP contribution in [0.5, 0.6) is 0 Å². The summed E-state index contributed by atoms with van der Waals surface area (Å²) in [5, 5.41) is 9.12. The molecule has 1 atom stereocenters. The molecule has 0 saturated carbocycles. The second-order valence-corrected chi connectivity index (χ2v) is 7.72. The molecule has 1 unspecified atom stereocenters. The van der Waals surface area contributed by atoms with E-state index >= 15 is 0 Å². The number of amides is 1. The quantitative estimate of drug-likeness (QED) is 0.881. The fourth-order valence-corrected chi connectivity index (χ4v) is 3.44. The highest BCUT2D eigenvalue weighted by Gasteiger charge is 2.34. The lowest BCUT2D eigenvalue weighted by atomic mass is 10.1. The minimum Gasteiger partial charge on any atom is -0.480 e. The zero-order valence-electron chi connectivity index (χ0n) is 12.4. The van der Waals surface area contributed by atoms with Crippen LogP contribution in [-0.2, 0) is 20.4 Å². The Kier molecular flexibility index (Phi) is 4.85. The van der Waals surface area contributed by atoms with Crippen molar-refractivity contribution in [2.45, 2.75) is 31.6 Å². The maximum atomic E-state index is 12.4. The van der Waals surface area contributed by atoms with Crippen molar-refractivity contribution in [3.8, 4) is 0 Å². The van der Waals surface area contributed by atoms with Crippen LogP contribution >= 0.6 is 0 Å². The number of likely N-dealkylation sites (tertiary alicyclic amines) is 1. The summed E-state index contributed by atoms with van der Waals surface area (Å²) in [5.41, 5.74) is 1.00. The lowest BCUT2D eigenvalue weighted by Gasteiger charge is -2.21. The van der Waals surface area contributed by atoms with Gasteiger partial charge in [0.1, 0.15) is 6.04 Å². The fraction of sp³-hybridized carbons (Fsp3) is 0.467. The van der Waals surface area contributed by atoms with Gasteiger partial charge in [-0.2, -0.15) is 0 Å². The Bertz CT molecular complexity index is 666. The number of carboxylic acids is 1. The van der Waals surface area contributed by atoms with E-state index in [0.717, 1.165) is 0 Å². The zero-order valence-corrected chi connectivity index (χ0v) is 13.2. The molecule has 1 amide bonds. The van der Waals surface area contributed by atoms with Crippen LogP contribution in [0.4, 0.5) is 0 Å². The van der Waals surface area contributed by atoms with Crippen molar-refractivity contribution in [3.63, 3.8) is 0 Å². The number of benzene rings is 1. The van der Waals surface area contributed by atoms with Crippen LogP contribution < -0.4 is 0 Å². The zero-order chi connectivity index (χ0) is 16.3. The minimum atomic E-state index is -3.11. The number of sulfone groups is 1. The standard InChI is InChI=1S/C15H19NO5S/c1-2-22(20,21)10-11-5-7-12(8-6-11)14(17)16-9-3-4-13(16)15(18)19/h5-8,13H,2-4,9-10H2,1H3,(H,18,19). The number of hydrogen-bond donors (Lipinski definition) is 1. The predicted octanol–water partition coefficient (Wildman–Crippen LogP) is 1.31. The maximum absolute atomic E-state index is 12.4. The average molecular weight is 325 g/mol. The van der Waals surface area contributed by atoms with E-state index in [1.807, 2.05) is 0 Å². The van der Waals surface area contributed by atoms with Gasteiger partial charge < -0.3 is 10.0 Å². The number of rotatable bonds is 5. The van der Waals surface area contributed by atoms with Crippen molar-refractivity contribution in [3.05, 3.63) is 35.4 Å². The molecule has 6 nitrogen and oxygen atoms in total. The molecule has 1 aromatic rings. The third-order valence-corrected chi connectivity index (χ3v) is 5.48. The first-order valence-corrected chi connectivity index (χ1v) is 8.99. The highest BCUT2D eigenvalue weighted by Crippen LogP contribution is 2.21. The van der Waals surface area contributed by atoms with Crippen molar-refractivity contribution in [1.82, 2.24) is 4.90 Å². The summed E-state index contributed by atoms with van der Waals surface area (Å²) in [7, 11) is -3.11. The third kappa shape index (κ3) is 3.65. The molecule has 1 aliphatic rings. The van der Waals surface area contributed by atoms with E-state index in [1.54, 1.807) is 31.2 Å². The van der Waals surface area contributed by atoms with Crippen molar-refractivity contribution in [2.24, 2.45) is 0 Å². The molecule has 0 spiro atoms. The number of carbonyl (C=O) groups excluding carboxylic acids is 1. The molecule has 1 saturated heterocycles. The summed E-state index contributed by atoms with van der Waals surface area (Å²) >= 11 is 0.